The van der Waals surface area contributed by atoms with Gasteiger partial charge in [0.1, 0.15) is 24.7 Å². The van der Waals surface area contributed by atoms with Crippen LogP contribution in [0.25, 0.3) is 0 Å². The van der Waals surface area contributed by atoms with Gasteiger partial charge >= 0.3 is 0 Å². The molecule has 2 aromatic rings. The van der Waals surface area contributed by atoms with E-state index < -0.39 is 11.7 Å². The van der Waals surface area contributed by atoms with Crippen LogP contribution >= 0.6 is 11.6 Å². The molecule has 3 rings (SSSR count). The number of halogens is 2. The molecule has 0 bridgehead atoms. The van der Waals surface area contributed by atoms with Gasteiger partial charge in [0.2, 0.25) is 5.91 Å². The van der Waals surface area contributed by atoms with E-state index in [1.54, 1.807) is 23.1 Å². The topological polar surface area (TPSA) is 63.1 Å². The number of hydrogen-bond acceptors (Lipinski definition) is 3. The fraction of sp³-hybridized carbons (Fsp3) is 0.333. The SMILES string of the molecule is O=C(NCC(=O)N1CC[NH+](CCOc2ccc(Cl)cc2)CC1)c1ccccc1F. The molecule has 8 heteroatoms. The number of nitrogens with one attached hydrogen (secondary N) is 2. The second-order valence-electron chi connectivity index (χ2n) is 6.85. The Bertz CT molecular complexity index is 839. The van der Waals surface area contributed by atoms with Crippen molar-refractivity contribution in [2.75, 3.05) is 45.9 Å². The van der Waals surface area contributed by atoms with Crippen LogP contribution in [0, 0.1) is 5.82 Å². The zero-order valence-electron chi connectivity index (χ0n) is 16.0. The van der Waals surface area contributed by atoms with Gasteiger partial charge in [0.25, 0.3) is 5.91 Å². The fourth-order valence-corrected chi connectivity index (χ4v) is 3.30. The quantitative estimate of drug-likeness (QED) is 0.703. The summed E-state index contributed by atoms with van der Waals surface area (Å²) >= 11 is 5.85. The molecule has 2 amide bonds. The van der Waals surface area contributed by atoms with Crippen LogP contribution in [-0.4, -0.2) is 62.6 Å². The summed E-state index contributed by atoms with van der Waals surface area (Å²) in [5, 5.41) is 3.17. The Balaban J connectivity index is 1.35. The Hall–Kier alpha value is -2.64. The molecule has 154 valence electrons. The number of quaternary nitrogens is 1. The summed E-state index contributed by atoms with van der Waals surface area (Å²) < 4.78 is 19.3. The minimum Gasteiger partial charge on any atom is -0.488 e. The molecule has 0 saturated carbocycles. The normalized spacial score (nSPS) is 14.5. The van der Waals surface area contributed by atoms with Gasteiger partial charge in [-0.2, -0.15) is 0 Å². The number of rotatable bonds is 7. The summed E-state index contributed by atoms with van der Waals surface area (Å²) in [6.07, 6.45) is 0. The molecular weight excluding hydrogens is 397 g/mol. The molecule has 1 fully saturated rings. The second kappa shape index (κ2) is 10.2. The first-order chi connectivity index (χ1) is 14.0. The van der Waals surface area contributed by atoms with Crippen molar-refractivity contribution in [3.05, 3.63) is 64.9 Å². The molecule has 1 aliphatic heterocycles. The van der Waals surface area contributed by atoms with Crippen LogP contribution in [0.2, 0.25) is 5.02 Å². The maximum Gasteiger partial charge on any atom is 0.254 e. The minimum absolute atomic E-state index is 0.0600. The molecule has 0 radical (unpaired) electrons. The first kappa shape index (κ1) is 21.1. The lowest BCUT2D eigenvalue weighted by Gasteiger charge is -2.32. The minimum atomic E-state index is -0.601. The van der Waals surface area contributed by atoms with E-state index >= 15 is 0 Å². The number of hydrogen-bond donors (Lipinski definition) is 2. The maximum absolute atomic E-state index is 13.6. The van der Waals surface area contributed by atoms with Crippen LogP contribution in [0.4, 0.5) is 4.39 Å². The van der Waals surface area contributed by atoms with E-state index in [0.29, 0.717) is 24.7 Å². The highest BCUT2D eigenvalue weighted by Gasteiger charge is 2.24. The highest BCUT2D eigenvalue weighted by atomic mass is 35.5. The third-order valence-corrected chi connectivity index (χ3v) is 5.13. The van der Waals surface area contributed by atoms with Gasteiger partial charge in [-0.15, -0.1) is 0 Å². The number of carbonyl (C=O) groups excluding carboxylic acids is 2. The highest BCUT2D eigenvalue weighted by molar-refractivity contribution is 6.30. The van der Waals surface area contributed by atoms with E-state index in [1.165, 1.54) is 23.1 Å². The maximum atomic E-state index is 13.6. The van der Waals surface area contributed by atoms with E-state index in [9.17, 15) is 14.0 Å². The van der Waals surface area contributed by atoms with E-state index in [4.69, 9.17) is 16.3 Å². The fourth-order valence-electron chi connectivity index (χ4n) is 3.17. The van der Waals surface area contributed by atoms with Crippen molar-refractivity contribution in [1.29, 1.82) is 0 Å². The van der Waals surface area contributed by atoms with Crippen LogP contribution in [-0.2, 0) is 4.79 Å². The van der Waals surface area contributed by atoms with Crippen molar-refractivity contribution >= 4 is 23.4 Å². The molecule has 2 aromatic carbocycles. The van der Waals surface area contributed by atoms with Gasteiger partial charge in [0, 0.05) is 5.02 Å². The lowest BCUT2D eigenvalue weighted by molar-refractivity contribution is -0.904. The van der Waals surface area contributed by atoms with Crippen LogP contribution in [0.1, 0.15) is 10.4 Å². The predicted octanol–water partition coefficient (Wildman–Crippen LogP) is 1.02. The average Bonchev–Trinajstić information content (AvgIpc) is 2.74. The van der Waals surface area contributed by atoms with Crippen LogP contribution in [0.3, 0.4) is 0 Å². The Kier molecular flexibility index (Phi) is 7.43. The molecule has 1 saturated heterocycles. The summed E-state index contributed by atoms with van der Waals surface area (Å²) in [5.74, 6) is -0.560. The smallest absolute Gasteiger partial charge is 0.254 e. The van der Waals surface area contributed by atoms with Crippen molar-refractivity contribution in [2.24, 2.45) is 0 Å². The molecule has 1 aliphatic rings. The summed E-state index contributed by atoms with van der Waals surface area (Å²) in [6.45, 7) is 4.16. The molecular formula is C21H24ClFN3O3+. The van der Waals surface area contributed by atoms with E-state index in [2.05, 4.69) is 5.32 Å². The summed E-state index contributed by atoms with van der Waals surface area (Å²) in [7, 11) is 0. The molecule has 2 N–H and O–H groups in total. The van der Waals surface area contributed by atoms with Gasteiger partial charge in [-0.05, 0) is 36.4 Å². The average molecular weight is 421 g/mol. The third kappa shape index (κ3) is 6.17. The standard InChI is InChI=1S/C21H23ClFN3O3/c22-16-5-7-17(8-6-16)29-14-13-25-9-11-26(12-10-25)20(27)15-24-21(28)18-3-1-2-4-19(18)23/h1-8H,9-15H2,(H,24,28)/p+1. The van der Waals surface area contributed by atoms with Gasteiger partial charge in [-0.3, -0.25) is 9.59 Å². The van der Waals surface area contributed by atoms with E-state index in [-0.39, 0.29) is 18.0 Å². The predicted molar refractivity (Wildman–Crippen MR) is 108 cm³/mol. The highest BCUT2D eigenvalue weighted by Crippen LogP contribution is 2.15. The lowest BCUT2D eigenvalue weighted by Crippen LogP contribution is -3.15. The molecule has 6 nitrogen and oxygen atoms in total. The number of ether oxygens (including phenoxy) is 1. The number of carbonyl (C=O) groups is 2. The van der Waals surface area contributed by atoms with Gasteiger partial charge in [-0.1, -0.05) is 23.7 Å². The van der Waals surface area contributed by atoms with Gasteiger partial charge in [0.05, 0.1) is 38.3 Å². The van der Waals surface area contributed by atoms with Gasteiger partial charge in [0.15, 0.2) is 0 Å². The molecule has 1 heterocycles. The van der Waals surface area contributed by atoms with Crippen molar-refractivity contribution in [3.63, 3.8) is 0 Å². The molecule has 0 spiro atoms. The van der Waals surface area contributed by atoms with Crippen molar-refractivity contribution in [2.45, 2.75) is 0 Å². The Labute approximate surface area is 174 Å². The first-order valence-corrected chi connectivity index (χ1v) is 9.93. The zero-order valence-corrected chi connectivity index (χ0v) is 16.8. The molecule has 0 aliphatic carbocycles. The number of piperazine rings is 1. The Morgan fingerprint density at radius 3 is 2.48 bits per heavy atom. The third-order valence-electron chi connectivity index (χ3n) is 4.88. The van der Waals surface area contributed by atoms with Crippen molar-refractivity contribution < 1.29 is 23.6 Å². The number of amides is 2. The largest absolute Gasteiger partial charge is 0.488 e. The summed E-state index contributed by atoms with van der Waals surface area (Å²) in [4.78, 5) is 27.4. The summed E-state index contributed by atoms with van der Waals surface area (Å²) in [6, 6.07) is 13.0. The van der Waals surface area contributed by atoms with Gasteiger partial charge in [-0.25, -0.2) is 4.39 Å². The van der Waals surface area contributed by atoms with Crippen LogP contribution in [0.5, 0.6) is 5.75 Å². The number of nitrogens with zero attached hydrogens (tertiary/aromatic N) is 1. The second-order valence-corrected chi connectivity index (χ2v) is 7.28. The molecule has 0 atom stereocenters. The van der Waals surface area contributed by atoms with Gasteiger partial charge < -0.3 is 19.9 Å². The van der Waals surface area contributed by atoms with Crippen LogP contribution < -0.4 is 15.0 Å². The first-order valence-electron chi connectivity index (χ1n) is 9.55. The molecule has 0 unspecified atom stereocenters. The molecule has 29 heavy (non-hydrogen) atoms. The molecule has 0 aromatic heterocycles. The van der Waals surface area contributed by atoms with Crippen molar-refractivity contribution in [3.8, 4) is 5.75 Å². The summed E-state index contributed by atoms with van der Waals surface area (Å²) in [5.41, 5.74) is -0.0600. The van der Waals surface area contributed by atoms with E-state index in [1.807, 2.05) is 12.1 Å². The monoisotopic (exact) mass is 420 g/mol. The zero-order chi connectivity index (χ0) is 20.6. The number of benzene rings is 2. The Morgan fingerprint density at radius 1 is 1.10 bits per heavy atom. The van der Waals surface area contributed by atoms with E-state index in [0.717, 1.165) is 25.4 Å². The van der Waals surface area contributed by atoms with Crippen molar-refractivity contribution in [1.82, 2.24) is 10.2 Å². The Morgan fingerprint density at radius 2 is 1.79 bits per heavy atom. The van der Waals surface area contributed by atoms with Crippen LogP contribution in [0.15, 0.2) is 48.5 Å². The lowest BCUT2D eigenvalue weighted by atomic mass is 10.2.